The Labute approximate surface area is 194 Å². The number of esters is 1. The Bertz CT molecular complexity index is 835. The van der Waals surface area contributed by atoms with Gasteiger partial charge >= 0.3 is 18.0 Å². The van der Waals surface area contributed by atoms with Crippen LogP contribution in [0, 0.1) is 5.41 Å². The van der Waals surface area contributed by atoms with E-state index in [0.717, 1.165) is 10.5 Å². The molecule has 0 unspecified atom stereocenters. The van der Waals surface area contributed by atoms with Crippen LogP contribution in [0.15, 0.2) is 30.3 Å². The summed E-state index contributed by atoms with van der Waals surface area (Å²) in [4.78, 5) is 52.1. The van der Waals surface area contributed by atoms with E-state index in [9.17, 15) is 24.3 Å². The summed E-state index contributed by atoms with van der Waals surface area (Å²) in [5.74, 6) is -2.29. The van der Waals surface area contributed by atoms with E-state index < -0.39 is 42.6 Å². The van der Waals surface area contributed by atoms with E-state index >= 15 is 0 Å². The molecule has 1 fully saturated rings. The molecule has 1 aromatic rings. The summed E-state index contributed by atoms with van der Waals surface area (Å²) in [6.45, 7) is 7.48. The van der Waals surface area contributed by atoms with Crippen LogP contribution in [0.1, 0.15) is 52.5 Å². The molecule has 9 nitrogen and oxygen atoms in total. The average Bonchev–Trinajstić information content (AvgIpc) is 3.25. The number of hydrogen-bond acceptors (Lipinski definition) is 6. The molecule has 2 atom stereocenters. The van der Waals surface area contributed by atoms with Crippen LogP contribution in [0.25, 0.3) is 0 Å². The van der Waals surface area contributed by atoms with Crippen molar-refractivity contribution >= 4 is 23.9 Å². The Balaban J connectivity index is 2.10. The smallest absolute Gasteiger partial charge is 0.411 e. The predicted octanol–water partition coefficient (Wildman–Crippen LogP) is 3.07. The van der Waals surface area contributed by atoms with Gasteiger partial charge < -0.3 is 19.5 Å². The van der Waals surface area contributed by atoms with Crippen LogP contribution < -0.4 is 0 Å². The SMILES string of the molecule is C[C@@H](C(=O)N1CCC[C@H]1C(=O)O)N(CC(=O)OCCC(C)(C)C)C(=O)OCc1ccccc1. The summed E-state index contributed by atoms with van der Waals surface area (Å²) < 4.78 is 10.6. The van der Waals surface area contributed by atoms with Crippen molar-refractivity contribution in [3.8, 4) is 0 Å². The predicted molar refractivity (Wildman–Crippen MR) is 120 cm³/mol. The van der Waals surface area contributed by atoms with Crippen molar-refractivity contribution in [1.29, 1.82) is 0 Å². The zero-order valence-corrected chi connectivity index (χ0v) is 19.8. The van der Waals surface area contributed by atoms with E-state index in [1.165, 1.54) is 11.8 Å². The molecule has 33 heavy (non-hydrogen) atoms. The maximum Gasteiger partial charge on any atom is 0.411 e. The fraction of sp³-hybridized carbons (Fsp3) is 0.583. The van der Waals surface area contributed by atoms with E-state index in [1.807, 2.05) is 26.8 Å². The Morgan fingerprint density at radius 3 is 2.42 bits per heavy atom. The lowest BCUT2D eigenvalue weighted by Crippen LogP contribution is -2.53. The van der Waals surface area contributed by atoms with Gasteiger partial charge in [-0.1, -0.05) is 51.1 Å². The maximum absolute atomic E-state index is 13.1. The van der Waals surface area contributed by atoms with Gasteiger partial charge in [-0.05, 0) is 37.2 Å². The lowest BCUT2D eigenvalue weighted by Gasteiger charge is -2.31. The first-order valence-electron chi connectivity index (χ1n) is 11.2. The van der Waals surface area contributed by atoms with Crippen LogP contribution in [0.3, 0.4) is 0 Å². The zero-order valence-electron chi connectivity index (χ0n) is 19.8. The molecule has 0 aromatic heterocycles. The molecular weight excluding hydrogens is 428 g/mol. The number of carboxylic acids is 1. The van der Waals surface area contributed by atoms with Crippen LogP contribution in [-0.2, 0) is 30.5 Å². The Morgan fingerprint density at radius 1 is 1.15 bits per heavy atom. The van der Waals surface area contributed by atoms with Crippen molar-refractivity contribution < 1.29 is 33.8 Å². The number of amides is 2. The second kappa shape index (κ2) is 11.7. The van der Waals surface area contributed by atoms with E-state index in [-0.39, 0.29) is 25.2 Å². The highest BCUT2D eigenvalue weighted by atomic mass is 16.6. The summed E-state index contributed by atoms with van der Waals surface area (Å²) in [6.07, 6.45) is 0.697. The van der Waals surface area contributed by atoms with Gasteiger partial charge in [-0.25, -0.2) is 9.59 Å². The molecule has 0 saturated carbocycles. The van der Waals surface area contributed by atoms with E-state index in [4.69, 9.17) is 9.47 Å². The summed E-state index contributed by atoms with van der Waals surface area (Å²) >= 11 is 0. The number of carbonyl (C=O) groups is 4. The van der Waals surface area contributed by atoms with Gasteiger partial charge in [0.05, 0.1) is 6.61 Å². The van der Waals surface area contributed by atoms with Gasteiger partial charge in [-0.15, -0.1) is 0 Å². The molecule has 2 amide bonds. The molecule has 2 rings (SSSR count). The molecule has 9 heteroatoms. The summed E-state index contributed by atoms with van der Waals surface area (Å²) in [7, 11) is 0. The Morgan fingerprint density at radius 2 is 1.82 bits per heavy atom. The maximum atomic E-state index is 13.1. The largest absolute Gasteiger partial charge is 0.480 e. The van der Waals surface area contributed by atoms with Crippen molar-refractivity contribution in [2.75, 3.05) is 19.7 Å². The minimum atomic E-state index is -1.09. The molecule has 0 spiro atoms. The monoisotopic (exact) mass is 462 g/mol. The van der Waals surface area contributed by atoms with Crippen molar-refractivity contribution in [3.05, 3.63) is 35.9 Å². The number of benzene rings is 1. The molecule has 1 N–H and O–H groups in total. The second-order valence-corrected chi connectivity index (χ2v) is 9.40. The van der Waals surface area contributed by atoms with Crippen LogP contribution in [0.4, 0.5) is 4.79 Å². The Kier molecular flexibility index (Phi) is 9.25. The van der Waals surface area contributed by atoms with Crippen molar-refractivity contribution in [3.63, 3.8) is 0 Å². The standard InChI is InChI=1S/C24H34N2O7/c1-17(21(28)25-13-8-11-19(25)22(29)30)26(15-20(27)32-14-12-24(2,3)4)23(31)33-16-18-9-6-5-7-10-18/h5-7,9-10,17,19H,8,11-16H2,1-4H3,(H,29,30)/t17-,19-/m0/s1. The normalized spacial score (nSPS) is 16.7. The number of ether oxygens (including phenoxy) is 2. The van der Waals surface area contributed by atoms with Gasteiger partial charge in [0.25, 0.3) is 0 Å². The lowest BCUT2D eigenvalue weighted by atomic mass is 9.93. The van der Waals surface area contributed by atoms with Gasteiger partial charge in [0, 0.05) is 6.54 Å². The van der Waals surface area contributed by atoms with Crippen LogP contribution >= 0.6 is 0 Å². The van der Waals surface area contributed by atoms with Crippen molar-refractivity contribution in [2.45, 2.75) is 65.6 Å². The third kappa shape index (κ3) is 8.07. The number of nitrogens with zero attached hydrogens (tertiary/aromatic N) is 2. The molecule has 0 aliphatic carbocycles. The molecule has 1 aromatic carbocycles. The number of carboxylic acid groups (broad SMARTS) is 1. The van der Waals surface area contributed by atoms with Gasteiger partial charge in [-0.2, -0.15) is 0 Å². The number of hydrogen-bond donors (Lipinski definition) is 1. The van der Waals surface area contributed by atoms with E-state index in [1.54, 1.807) is 24.3 Å². The van der Waals surface area contributed by atoms with Gasteiger partial charge in [0.1, 0.15) is 25.2 Å². The lowest BCUT2D eigenvalue weighted by molar-refractivity contribution is -0.152. The minimum Gasteiger partial charge on any atom is -0.480 e. The van der Waals surface area contributed by atoms with Crippen LogP contribution in [0.5, 0.6) is 0 Å². The first kappa shape index (κ1) is 26.2. The van der Waals surface area contributed by atoms with Gasteiger partial charge in [0.2, 0.25) is 5.91 Å². The third-order valence-electron chi connectivity index (χ3n) is 5.50. The highest BCUT2D eigenvalue weighted by Crippen LogP contribution is 2.21. The summed E-state index contributed by atoms with van der Waals surface area (Å²) in [5.41, 5.74) is 0.724. The topological polar surface area (TPSA) is 113 Å². The van der Waals surface area contributed by atoms with Crippen molar-refractivity contribution in [2.24, 2.45) is 5.41 Å². The molecule has 0 radical (unpaired) electrons. The summed E-state index contributed by atoms with van der Waals surface area (Å²) in [6, 6.07) is 6.98. The zero-order chi connectivity index (χ0) is 24.6. The summed E-state index contributed by atoms with van der Waals surface area (Å²) in [5, 5.41) is 9.41. The quantitative estimate of drug-likeness (QED) is 0.561. The minimum absolute atomic E-state index is 0.0283. The number of carbonyl (C=O) groups excluding carboxylic acids is 3. The van der Waals surface area contributed by atoms with Gasteiger partial charge in [0.15, 0.2) is 0 Å². The fourth-order valence-corrected chi connectivity index (χ4v) is 3.48. The van der Waals surface area contributed by atoms with Crippen LogP contribution in [0.2, 0.25) is 0 Å². The second-order valence-electron chi connectivity index (χ2n) is 9.40. The molecule has 1 saturated heterocycles. The van der Waals surface area contributed by atoms with Crippen LogP contribution in [-0.4, -0.2) is 70.6 Å². The van der Waals surface area contributed by atoms with Crippen molar-refractivity contribution in [1.82, 2.24) is 9.80 Å². The van der Waals surface area contributed by atoms with E-state index in [2.05, 4.69) is 0 Å². The molecule has 1 aliphatic rings. The molecule has 1 aliphatic heterocycles. The highest BCUT2D eigenvalue weighted by molar-refractivity contribution is 5.90. The fourth-order valence-electron chi connectivity index (χ4n) is 3.48. The first-order valence-corrected chi connectivity index (χ1v) is 11.2. The van der Waals surface area contributed by atoms with E-state index in [0.29, 0.717) is 19.3 Å². The average molecular weight is 463 g/mol. The molecule has 182 valence electrons. The Hall–Kier alpha value is -3.10. The number of aliphatic carboxylic acids is 1. The van der Waals surface area contributed by atoms with Gasteiger partial charge in [-0.3, -0.25) is 14.5 Å². The third-order valence-corrected chi connectivity index (χ3v) is 5.50. The first-order chi connectivity index (χ1) is 15.5. The number of rotatable bonds is 9. The highest BCUT2D eigenvalue weighted by Gasteiger charge is 2.39. The number of likely N-dealkylation sites (tertiary alicyclic amines) is 1. The molecular formula is C24H34N2O7. The molecule has 0 bridgehead atoms. The molecule has 1 heterocycles.